The van der Waals surface area contributed by atoms with E-state index in [0.29, 0.717) is 13.0 Å². The highest BCUT2D eigenvalue weighted by Gasteiger charge is 2.26. The Morgan fingerprint density at radius 1 is 1.42 bits per heavy atom. The minimum absolute atomic E-state index is 0.161. The van der Waals surface area contributed by atoms with Crippen molar-refractivity contribution in [1.82, 2.24) is 10.2 Å². The number of benzene rings is 1. The molecule has 0 saturated carbocycles. The number of amides is 1. The van der Waals surface area contributed by atoms with Gasteiger partial charge in [0.15, 0.2) is 11.5 Å². The zero-order valence-electron chi connectivity index (χ0n) is 15.1. The molecule has 0 aromatic heterocycles. The zero-order valence-corrected chi connectivity index (χ0v) is 15.1. The Hall–Kier alpha value is -2.01. The van der Waals surface area contributed by atoms with Gasteiger partial charge in [-0.1, -0.05) is 12.1 Å². The second-order valence-electron chi connectivity index (χ2n) is 6.23. The first kappa shape index (κ1) is 18.3. The van der Waals surface area contributed by atoms with E-state index in [9.17, 15) is 4.79 Å². The third kappa shape index (κ3) is 3.90. The molecule has 1 fully saturated rings. The molecule has 2 rings (SSSR count). The van der Waals surface area contributed by atoms with Gasteiger partial charge in [0.25, 0.3) is 0 Å². The molecule has 0 radical (unpaired) electrons. The number of piperidine rings is 1. The van der Waals surface area contributed by atoms with Crippen molar-refractivity contribution in [2.45, 2.75) is 38.8 Å². The lowest BCUT2D eigenvalue weighted by molar-refractivity contribution is -0.133. The molecule has 0 aliphatic carbocycles. The molecule has 5 heteroatoms. The highest BCUT2D eigenvalue weighted by molar-refractivity contribution is 5.77. The third-order valence-corrected chi connectivity index (χ3v) is 4.64. The van der Waals surface area contributed by atoms with E-state index < -0.39 is 0 Å². The number of nitrogens with zero attached hydrogens (tertiary/aromatic N) is 1. The summed E-state index contributed by atoms with van der Waals surface area (Å²) in [4.78, 5) is 13.8. The maximum absolute atomic E-state index is 11.9. The SMILES string of the molecule is C=CCN1CC(NC(C)c2ccc(OC)c(OC)c2C)CCC1=O. The molecule has 2 atom stereocenters. The van der Waals surface area contributed by atoms with Gasteiger partial charge in [-0.25, -0.2) is 0 Å². The van der Waals surface area contributed by atoms with Gasteiger partial charge in [0.1, 0.15) is 0 Å². The Bertz CT molecular complexity index is 601. The molecule has 1 aromatic carbocycles. The molecule has 132 valence electrons. The molecular formula is C19H28N2O3. The van der Waals surface area contributed by atoms with Crippen LogP contribution in [0.1, 0.15) is 36.9 Å². The first-order valence-electron chi connectivity index (χ1n) is 8.38. The minimum atomic E-state index is 0.161. The Labute approximate surface area is 144 Å². The first-order chi connectivity index (χ1) is 11.5. The third-order valence-electron chi connectivity index (χ3n) is 4.64. The molecule has 0 spiro atoms. The van der Waals surface area contributed by atoms with Gasteiger partial charge in [0.2, 0.25) is 5.91 Å². The van der Waals surface area contributed by atoms with E-state index >= 15 is 0 Å². The van der Waals surface area contributed by atoms with E-state index in [1.165, 1.54) is 5.56 Å². The predicted molar refractivity (Wildman–Crippen MR) is 95.6 cm³/mol. The molecule has 1 amide bonds. The monoisotopic (exact) mass is 332 g/mol. The Morgan fingerprint density at radius 3 is 2.79 bits per heavy atom. The van der Waals surface area contributed by atoms with Gasteiger partial charge in [-0.05, 0) is 37.5 Å². The van der Waals surface area contributed by atoms with Crippen molar-refractivity contribution >= 4 is 5.91 Å². The number of likely N-dealkylation sites (tertiary alicyclic amines) is 1. The fraction of sp³-hybridized carbons (Fsp3) is 0.526. The summed E-state index contributed by atoms with van der Waals surface area (Å²) < 4.78 is 10.8. The van der Waals surface area contributed by atoms with Crippen molar-refractivity contribution in [1.29, 1.82) is 0 Å². The van der Waals surface area contributed by atoms with Crippen LogP contribution in [0.3, 0.4) is 0 Å². The normalized spacial score (nSPS) is 19.1. The van der Waals surface area contributed by atoms with E-state index in [2.05, 4.69) is 24.9 Å². The van der Waals surface area contributed by atoms with Crippen molar-refractivity contribution in [3.63, 3.8) is 0 Å². The van der Waals surface area contributed by atoms with Crippen molar-refractivity contribution in [2.24, 2.45) is 0 Å². The topological polar surface area (TPSA) is 50.8 Å². The van der Waals surface area contributed by atoms with Crippen LogP contribution in [0, 0.1) is 6.92 Å². The molecule has 5 nitrogen and oxygen atoms in total. The molecule has 24 heavy (non-hydrogen) atoms. The highest BCUT2D eigenvalue weighted by Crippen LogP contribution is 2.35. The van der Waals surface area contributed by atoms with Crippen LogP contribution in [0.4, 0.5) is 0 Å². The first-order valence-corrected chi connectivity index (χ1v) is 8.38. The van der Waals surface area contributed by atoms with Gasteiger partial charge in [0.05, 0.1) is 14.2 Å². The molecule has 2 unspecified atom stereocenters. The van der Waals surface area contributed by atoms with Crippen LogP contribution >= 0.6 is 0 Å². The lowest BCUT2D eigenvalue weighted by Crippen LogP contribution is -2.48. The second kappa shape index (κ2) is 8.20. The summed E-state index contributed by atoms with van der Waals surface area (Å²) in [6.45, 7) is 9.25. The van der Waals surface area contributed by atoms with E-state index in [0.717, 1.165) is 30.0 Å². The maximum atomic E-state index is 11.9. The number of ether oxygens (including phenoxy) is 2. The summed E-state index contributed by atoms with van der Waals surface area (Å²) >= 11 is 0. The quantitative estimate of drug-likeness (QED) is 0.780. The predicted octanol–water partition coefficient (Wildman–Crippen LogP) is 2.84. The average Bonchev–Trinajstić information content (AvgIpc) is 2.57. The summed E-state index contributed by atoms with van der Waals surface area (Å²) in [6.07, 6.45) is 3.23. The van der Waals surface area contributed by atoms with Crippen LogP contribution in [0.15, 0.2) is 24.8 Å². The average molecular weight is 332 g/mol. The number of rotatable bonds is 7. The van der Waals surface area contributed by atoms with Crippen LogP contribution in [-0.2, 0) is 4.79 Å². The van der Waals surface area contributed by atoms with Gasteiger partial charge < -0.3 is 19.7 Å². The Kier molecular flexibility index (Phi) is 6.26. The van der Waals surface area contributed by atoms with Crippen LogP contribution < -0.4 is 14.8 Å². The van der Waals surface area contributed by atoms with E-state index in [4.69, 9.17) is 9.47 Å². The largest absolute Gasteiger partial charge is 0.493 e. The summed E-state index contributed by atoms with van der Waals surface area (Å²) in [5, 5.41) is 3.65. The number of hydrogen-bond donors (Lipinski definition) is 1. The highest BCUT2D eigenvalue weighted by atomic mass is 16.5. The van der Waals surface area contributed by atoms with E-state index in [1.54, 1.807) is 20.3 Å². The van der Waals surface area contributed by atoms with Crippen LogP contribution in [0.25, 0.3) is 0 Å². The summed E-state index contributed by atoms with van der Waals surface area (Å²) in [7, 11) is 3.30. The zero-order chi connectivity index (χ0) is 17.7. The Morgan fingerprint density at radius 2 is 2.17 bits per heavy atom. The molecule has 1 saturated heterocycles. The number of nitrogens with one attached hydrogen (secondary N) is 1. The van der Waals surface area contributed by atoms with Crippen molar-refractivity contribution < 1.29 is 14.3 Å². The van der Waals surface area contributed by atoms with Crippen molar-refractivity contribution in [3.05, 3.63) is 35.9 Å². The number of carbonyl (C=O) groups excluding carboxylic acids is 1. The van der Waals surface area contributed by atoms with Gasteiger partial charge in [-0.15, -0.1) is 6.58 Å². The van der Waals surface area contributed by atoms with Crippen LogP contribution in [0.2, 0.25) is 0 Å². The fourth-order valence-electron chi connectivity index (χ4n) is 3.39. The van der Waals surface area contributed by atoms with E-state index in [1.807, 2.05) is 17.9 Å². The smallest absolute Gasteiger partial charge is 0.222 e. The van der Waals surface area contributed by atoms with Gasteiger partial charge in [-0.2, -0.15) is 0 Å². The molecule has 1 aromatic rings. The maximum Gasteiger partial charge on any atom is 0.222 e. The van der Waals surface area contributed by atoms with Crippen LogP contribution in [0.5, 0.6) is 11.5 Å². The van der Waals surface area contributed by atoms with Crippen LogP contribution in [-0.4, -0.2) is 44.2 Å². The molecule has 1 aliphatic heterocycles. The lowest BCUT2D eigenvalue weighted by Gasteiger charge is -2.34. The fourth-order valence-corrected chi connectivity index (χ4v) is 3.39. The van der Waals surface area contributed by atoms with Gasteiger partial charge >= 0.3 is 0 Å². The second-order valence-corrected chi connectivity index (χ2v) is 6.23. The summed E-state index contributed by atoms with van der Waals surface area (Å²) in [5.74, 6) is 1.73. The minimum Gasteiger partial charge on any atom is -0.493 e. The van der Waals surface area contributed by atoms with Gasteiger partial charge in [0, 0.05) is 31.6 Å². The molecule has 1 aliphatic rings. The molecule has 1 heterocycles. The summed E-state index contributed by atoms with van der Waals surface area (Å²) in [6, 6.07) is 4.45. The van der Waals surface area contributed by atoms with Crippen molar-refractivity contribution in [3.8, 4) is 11.5 Å². The Balaban J connectivity index is 2.11. The number of hydrogen-bond acceptors (Lipinski definition) is 4. The molecule has 1 N–H and O–H groups in total. The number of carbonyl (C=O) groups is 1. The van der Waals surface area contributed by atoms with Gasteiger partial charge in [-0.3, -0.25) is 4.79 Å². The standard InChI is InChI=1S/C19H28N2O3/c1-6-11-21-12-15(7-10-18(21)22)20-14(3)16-8-9-17(23-4)19(24-5)13(16)2/h6,8-9,14-15,20H,1,7,10-12H2,2-5H3. The lowest BCUT2D eigenvalue weighted by atomic mass is 9.98. The van der Waals surface area contributed by atoms with Crippen molar-refractivity contribution in [2.75, 3.05) is 27.3 Å². The molecule has 0 bridgehead atoms. The molecular weight excluding hydrogens is 304 g/mol. The van der Waals surface area contributed by atoms with E-state index in [-0.39, 0.29) is 18.0 Å². The number of methoxy groups -OCH3 is 2. The summed E-state index contributed by atoms with van der Waals surface area (Å²) in [5.41, 5.74) is 2.26.